The van der Waals surface area contributed by atoms with E-state index in [1.54, 1.807) is 0 Å². The van der Waals surface area contributed by atoms with Gasteiger partial charge >= 0.3 is 0 Å². The molecule has 1 fully saturated rings. The van der Waals surface area contributed by atoms with E-state index in [0.717, 1.165) is 36.2 Å². The molecule has 1 atom stereocenters. The van der Waals surface area contributed by atoms with Crippen LogP contribution in [0, 0.1) is 6.92 Å². The fraction of sp³-hybridized carbons (Fsp3) is 0.294. The van der Waals surface area contributed by atoms with E-state index in [1.165, 1.54) is 0 Å². The molecule has 20 heavy (non-hydrogen) atoms. The Morgan fingerprint density at radius 3 is 2.70 bits per heavy atom. The average Bonchev–Trinajstić information content (AvgIpc) is 2.97. The zero-order chi connectivity index (χ0) is 13.9. The first-order valence-corrected chi connectivity index (χ1v) is 7.04. The maximum absolute atomic E-state index is 12.6. The predicted octanol–water partition coefficient (Wildman–Crippen LogP) is 3.37. The van der Waals surface area contributed by atoms with Crippen LogP contribution in [-0.4, -0.2) is 22.3 Å². The maximum atomic E-state index is 12.6. The second-order valence-electron chi connectivity index (χ2n) is 5.26. The first-order chi connectivity index (χ1) is 9.75. The molecule has 0 aliphatic carbocycles. The van der Waals surface area contributed by atoms with E-state index in [-0.39, 0.29) is 11.9 Å². The molecule has 0 unspecified atom stereocenters. The number of hydrogen-bond acceptors (Lipinski definition) is 2. The summed E-state index contributed by atoms with van der Waals surface area (Å²) in [5, 5.41) is 0. The van der Waals surface area contributed by atoms with Crippen molar-refractivity contribution in [2.24, 2.45) is 0 Å². The number of aryl methyl sites for hydroxylation is 1. The number of rotatable bonds is 2. The molecule has 0 bridgehead atoms. The Bertz CT molecular complexity index is 592. The second kappa shape index (κ2) is 5.45. The number of likely N-dealkylation sites (tertiary alicyclic amines) is 1. The molecule has 3 nitrogen and oxygen atoms in total. The van der Waals surface area contributed by atoms with Crippen molar-refractivity contribution in [2.45, 2.75) is 25.8 Å². The lowest BCUT2D eigenvalue weighted by Crippen LogP contribution is -2.30. The van der Waals surface area contributed by atoms with E-state index in [0.29, 0.717) is 0 Å². The highest BCUT2D eigenvalue weighted by Gasteiger charge is 2.30. The normalized spacial score (nSPS) is 18.2. The smallest absolute Gasteiger partial charge is 0.254 e. The summed E-state index contributed by atoms with van der Waals surface area (Å²) in [5.41, 5.74) is 2.91. The molecule has 3 rings (SSSR count). The Labute approximate surface area is 119 Å². The highest BCUT2D eigenvalue weighted by Crippen LogP contribution is 2.32. The van der Waals surface area contributed by atoms with Gasteiger partial charge in [0.2, 0.25) is 0 Å². The van der Waals surface area contributed by atoms with Crippen LogP contribution in [-0.2, 0) is 0 Å². The number of benzene rings is 1. The van der Waals surface area contributed by atoms with Gasteiger partial charge in [0.25, 0.3) is 5.91 Å². The van der Waals surface area contributed by atoms with Gasteiger partial charge in [-0.15, -0.1) is 0 Å². The van der Waals surface area contributed by atoms with E-state index in [4.69, 9.17) is 0 Å². The minimum absolute atomic E-state index is 0.119. The van der Waals surface area contributed by atoms with Crippen molar-refractivity contribution in [1.29, 1.82) is 0 Å². The van der Waals surface area contributed by atoms with Crippen molar-refractivity contribution >= 4 is 5.91 Å². The van der Waals surface area contributed by atoms with Crippen LogP contribution in [0.3, 0.4) is 0 Å². The molecular formula is C17H18N2O. The minimum Gasteiger partial charge on any atom is -0.332 e. The molecular weight excluding hydrogens is 248 g/mol. The summed E-state index contributed by atoms with van der Waals surface area (Å²) < 4.78 is 0. The maximum Gasteiger partial charge on any atom is 0.254 e. The standard InChI is InChI=1S/C17H18N2O/c1-13-9-10-15(12-18-13)16-8-5-11-19(16)17(20)14-6-3-2-4-7-14/h2-4,6-7,9-10,12,16H,5,8,11H2,1H3/t16-/m1/s1. The third-order valence-electron chi connectivity index (χ3n) is 3.85. The lowest BCUT2D eigenvalue weighted by molar-refractivity contribution is 0.0735. The van der Waals surface area contributed by atoms with Crippen LogP contribution in [0.5, 0.6) is 0 Å². The quantitative estimate of drug-likeness (QED) is 0.835. The van der Waals surface area contributed by atoms with Gasteiger partial charge in [-0.25, -0.2) is 0 Å². The van der Waals surface area contributed by atoms with Gasteiger partial charge in [-0.1, -0.05) is 24.3 Å². The highest BCUT2D eigenvalue weighted by molar-refractivity contribution is 5.94. The van der Waals surface area contributed by atoms with Crippen molar-refractivity contribution < 1.29 is 4.79 Å². The van der Waals surface area contributed by atoms with E-state index < -0.39 is 0 Å². The summed E-state index contributed by atoms with van der Waals surface area (Å²) in [6.07, 6.45) is 3.97. The summed E-state index contributed by atoms with van der Waals surface area (Å²) in [6.45, 7) is 2.80. The SMILES string of the molecule is Cc1ccc([C@H]2CCCN2C(=O)c2ccccc2)cn1. The Morgan fingerprint density at radius 2 is 2.00 bits per heavy atom. The topological polar surface area (TPSA) is 33.2 Å². The van der Waals surface area contributed by atoms with Crippen LogP contribution in [0.1, 0.15) is 40.5 Å². The molecule has 1 saturated heterocycles. The first-order valence-electron chi connectivity index (χ1n) is 7.04. The zero-order valence-electron chi connectivity index (χ0n) is 11.6. The molecule has 0 radical (unpaired) electrons. The van der Waals surface area contributed by atoms with Crippen LogP contribution in [0.4, 0.5) is 0 Å². The van der Waals surface area contributed by atoms with Gasteiger partial charge in [0.05, 0.1) is 6.04 Å². The summed E-state index contributed by atoms with van der Waals surface area (Å²) in [6, 6.07) is 13.8. The average molecular weight is 266 g/mol. The molecule has 2 aromatic rings. The number of hydrogen-bond donors (Lipinski definition) is 0. The molecule has 1 aliphatic rings. The first kappa shape index (κ1) is 12.9. The second-order valence-corrected chi connectivity index (χ2v) is 5.26. The lowest BCUT2D eigenvalue weighted by atomic mass is 10.1. The number of carbonyl (C=O) groups is 1. The van der Waals surface area contributed by atoms with E-state index >= 15 is 0 Å². The summed E-state index contributed by atoms with van der Waals surface area (Å²) >= 11 is 0. The van der Waals surface area contributed by atoms with E-state index in [1.807, 2.05) is 54.4 Å². The highest BCUT2D eigenvalue weighted by atomic mass is 16.2. The predicted molar refractivity (Wildman–Crippen MR) is 78.4 cm³/mol. The third-order valence-corrected chi connectivity index (χ3v) is 3.85. The van der Waals surface area contributed by atoms with Gasteiger partial charge in [0.15, 0.2) is 0 Å². The molecule has 3 heteroatoms. The molecule has 1 aromatic carbocycles. The van der Waals surface area contributed by atoms with E-state index in [9.17, 15) is 4.79 Å². The number of pyridine rings is 1. The van der Waals surface area contributed by atoms with Crippen molar-refractivity contribution in [3.63, 3.8) is 0 Å². The van der Waals surface area contributed by atoms with Crippen LogP contribution in [0.25, 0.3) is 0 Å². The third kappa shape index (κ3) is 2.44. The Morgan fingerprint density at radius 1 is 1.20 bits per heavy atom. The summed E-state index contributed by atoms with van der Waals surface area (Å²) in [5.74, 6) is 0.119. The van der Waals surface area contributed by atoms with Gasteiger partial charge in [-0.05, 0) is 43.5 Å². The Kier molecular flexibility index (Phi) is 3.50. The van der Waals surface area contributed by atoms with Gasteiger partial charge < -0.3 is 4.90 Å². The van der Waals surface area contributed by atoms with Crippen molar-refractivity contribution in [3.8, 4) is 0 Å². The number of aromatic nitrogens is 1. The van der Waals surface area contributed by atoms with Crippen molar-refractivity contribution in [2.75, 3.05) is 6.54 Å². The van der Waals surface area contributed by atoms with Crippen molar-refractivity contribution in [1.82, 2.24) is 9.88 Å². The molecule has 102 valence electrons. The van der Waals surface area contributed by atoms with Crippen LogP contribution >= 0.6 is 0 Å². The lowest BCUT2D eigenvalue weighted by Gasteiger charge is -2.25. The Balaban J connectivity index is 1.86. The fourth-order valence-corrected chi connectivity index (χ4v) is 2.78. The van der Waals surface area contributed by atoms with Gasteiger partial charge in [-0.3, -0.25) is 9.78 Å². The molecule has 0 N–H and O–H groups in total. The molecule has 1 aliphatic heterocycles. The van der Waals surface area contributed by atoms with Crippen LogP contribution in [0.15, 0.2) is 48.7 Å². The minimum atomic E-state index is 0.119. The Hall–Kier alpha value is -2.16. The molecule has 0 spiro atoms. The van der Waals surface area contributed by atoms with E-state index in [2.05, 4.69) is 11.1 Å². The number of amides is 1. The number of carbonyl (C=O) groups excluding carboxylic acids is 1. The monoisotopic (exact) mass is 266 g/mol. The number of nitrogens with zero attached hydrogens (tertiary/aromatic N) is 2. The van der Waals surface area contributed by atoms with Gasteiger partial charge in [0.1, 0.15) is 0 Å². The van der Waals surface area contributed by atoms with Crippen LogP contribution in [0.2, 0.25) is 0 Å². The molecule has 2 heterocycles. The fourth-order valence-electron chi connectivity index (χ4n) is 2.78. The zero-order valence-corrected chi connectivity index (χ0v) is 11.6. The molecule has 1 amide bonds. The van der Waals surface area contributed by atoms with Crippen molar-refractivity contribution in [3.05, 3.63) is 65.5 Å². The van der Waals surface area contributed by atoms with Gasteiger partial charge in [-0.2, -0.15) is 0 Å². The van der Waals surface area contributed by atoms with Crippen LogP contribution < -0.4 is 0 Å². The summed E-state index contributed by atoms with van der Waals surface area (Å²) in [4.78, 5) is 18.9. The molecule has 0 saturated carbocycles. The molecule has 1 aromatic heterocycles. The summed E-state index contributed by atoms with van der Waals surface area (Å²) in [7, 11) is 0. The largest absolute Gasteiger partial charge is 0.332 e. The van der Waals surface area contributed by atoms with Gasteiger partial charge in [0, 0.05) is 24.0 Å².